The fraction of sp³-hybridized carbons (Fsp3) is 0.917. The van der Waals surface area contributed by atoms with Gasteiger partial charge in [0, 0.05) is 13.1 Å². The third-order valence-electron chi connectivity index (χ3n) is 2.92. The molecule has 1 aliphatic heterocycles. The van der Waals surface area contributed by atoms with Crippen LogP contribution in [-0.4, -0.2) is 42.6 Å². The van der Waals surface area contributed by atoms with E-state index < -0.39 is 0 Å². The molecule has 1 unspecified atom stereocenters. The van der Waals surface area contributed by atoms with E-state index in [-0.39, 0.29) is 18.1 Å². The second kappa shape index (κ2) is 5.64. The molecule has 1 amide bonds. The number of carbonyl (C=O) groups is 1. The van der Waals surface area contributed by atoms with Crippen LogP contribution in [0.1, 0.15) is 33.6 Å². The van der Waals surface area contributed by atoms with Crippen molar-refractivity contribution in [1.82, 2.24) is 4.90 Å². The standard InChI is InChI=1S/C12H24N2O2/c1-10(2)7-14-9-12(3,5-4-6-13)16-8-11(14)15/h10H,4-9,13H2,1-3H3. The number of hydrogen-bond donors (Lipinski definition) is 1. The summed E-state index contributed by atoms with van der Waals surface area (Å²) in [6.45, 7) is 8.73. The molecule has 1 rings (SSSR count). The Morgan fingerprint density at radius 1 is 1.56 bits per heavy atom. The third-order valence-corrected chi connectivity index (χ3v) is 2.92. The molecule has 0 aromatic heterocycles. The van der Waals surface area contributed by atoms with Crippen LogP contribution in [0.2, 0.25) is 0 Å². The zero-order chi connectivity index (χ0) is 12.2. The Hall–Kier alpha value is -0.610. The van der Waals surface area contributed by atoms with E-state index in [1.165, 1.54) is 0 Å². The minimum atomic E-state index is -0.206. The highest BCUT2D eigenvalue weighted by molar-refractivity contribution is 5.78. The lowest BCUT2D eigenvalue weighted by atomic mass is 9.97. The molecule has 1 atom stereocenters. The maximum Gasteiger partial charge on any atom is 0.248 e. The maximum atomic E-state index is 11.7. The van der Waals surface area contributed by atoms with Crippen molar-refractivity contribution >= 4 is 5.91 Å². The Kier molecular flexibility index (Phi) is 4.74. The highest BCUT2D eigenvalue weighted by atomic mass is 16.5. The van der Waals surface area contributed by atoms with E-state index in [0.717, 1.165) is 19.4 Å². The molecule has 0 saturated carbocycles. The average molecular weight is 228 g/mol. The van der Waals surface area contributed by atoms with Crippen LogP contribution >= 0.6 is 0 Å². The molecule has 4 heteroatoms. The largest absolute Gasteiger partial charge is 0.364 e. The molecule has 0 aromatic rings. The molecular weight excluding hydrogens is 204 g/mol. The molecule has 4 nitrogen and oxygen atoms in total. The minimum Gasteiger partial charge on any atom is -0.364 e. The van der Waals surface area contributed by atoms with E-state index in [2.05, 4.69) is 20.8 Å². The number of morpholine rings is 1. The molecule has 1 saturated heterocycles. The van der Waals surface area contributed by atoms with Crippen molar-refractivity contribution in [3.8, 4) is 0 Å². The number of ether oxygens (including phenoxy) is 1. The zero-order valence-corrected chi connectivity index (χ0v) is 10.7. The van der Waals surface area contributed by atoms with E-state index in [9.17, 15) is 4.79 Å². The fourth-order valence-electron chi connectivity index (χ4n) is 2.10. The summed E-state index contributed by atoms with van der Waals surface area (Å²) in [6.07, 6.45) is 1.87. The van der Waals surface area contributed by atoms with Crippen LogP contribution in [0.15, 0.2) is 0 Å². The Morgan fingerprint density at radius 3 is 2.81 bits per heavy atom. The van der Waals surface area contributed by atoms with Gasteiger partial charge in [-0.2, -0.15) is 0 Å². The smallest absolute Gasteiger partial charge is 0.248 e. The highest BCUT2D eigenvalue weighted by Crippen LogP contribution is 2.23. The minimum absolute atomic E-state index is 0.110. The third kappa shape index (κ3) is 3.76. The molecule has 0 aromatic carbocycles. The van der Waals surface area contributed by atoms with Crippen molar-refractivity contribution < 1.29 is 9.53 Å². The first-order valence-electron chi connectivity index (χ1n) is 6.08. The van der Waals surface area contributed by atoms with Crippen molar-refractivity contribution in [3.05, 3.63) is 0 Å². The molecule has 1 heterocycles. The normalized spacial score (nSPS) is 26.6. The molecule has 1 fully saturated rings. The number of hydrogen-bond acceptors (Lipinski definition) is 3. The summed E-state index contributed by atoms with van der Waals surface area (Å²) in [5.74, 6) is 0.611. The van der Waals surface area contributed by atoms with Gasteiger partial charge in [0.25, 0.3) is 0 Å². The summed E-state index contributed by atoms with van der Waals surface area (Å²) < 4.78 is 5.64. The Morgan fingerprint density at radius 2 is 2.25 bits per heavy atom. The molecule has 2 N–H and O–H groups in total. The summed E-state index contributed by atoms with van der Waals surface area (Å²) >= 11 is 0. The Balaban J connectivity index is 2.55. The molecule has 0 radical (unpaired) electrons. The van der Waals surface area contributed by atoms with Gasteiger partial charge < -0.3 is 15.4 Å². The fourth-order valence-corrected chi connectivity index (χ4v) is 2.10. The summed E-state index contributed by atoms with van der Waals surface area (Å²) in [5.41, 5.74) is 5.30. The topological polar surface area (TPSA) is 55.6 Å². The van der Waals surface area contributed by atoms with E-state index in [4.69, 9.17) is 10.5 Å². The molecule has 0 aliphatic carbocycles. The van der Waals surface area contributed by atoms with Crippen LogP contribution in [-0.2, 0) is 9.53 Å². The van der Waals surface area contributed by atoms with Crippen LogP contribution in [0.5, 0.6) is 0 Å². The summed E-state index contributed by atoms with van der Waals surface area (Å²) in [5, 5.41) is 0. The molecule has 16 heavy (non-hydrogen) atoms. The summed E-state index contributed by atoms with van der Waals surface area (Å²) in [6, 6.07) is 0. The first kappa shape index (κ1) is 13.5. The molecule has 1 aliphatic rings. The summed E-state index contributed by atoms with van der Waals surface area (Å²) in [4.78, 5) is 13.6. The first-order valence-corrected chi connectivity index (χ1v) is 6.08. The molecular formula is C12H24N2O2. The molecule has 0 spiro atoms. The van der Waals surface area contributed by atoms with Gasteiger partial charge in [-0.25, -0.2) is 0 Å². The molecule has 0 bridgehead atoms. The monoisotopic (exact) mass is 228 g/mol. The SMILES string of the molecule is CC(C)CN1CC(C)(CCCN)OCC1=O. The van der Waals surface area contributed by atoms with E-state index in [1.54, 1.807) is 0 Å². The van der Waals surface area contributed by atoms with E-state index in [0.29, 0.717) is 19.0 Å². The Bertz CT molecular complexity index is 243. The number of carbonyl (C=O) groups excluding carboxylic acids is 1. The van der Waals surface area contributed by atoms with Crippen LogP contribution < -0.4 is 5.73 Å². The predicted molar refractivity (Wildman–Crippen MR) is 64.1 cm³/mol. The second-order valence-corrected chi connectivity index (χ2v) is 5.30. The van der Waals surface area contributed by atoms with Crippen LogP contribution in [0, 0.1) is 5.92 Å². The van der Waals surface area contributed by atoms with E-state index >= 15 is 0 Å². The predicted octanol–water partition coefficient (Wildman–Crippen LogP) is 0.999. The van der Waals surface area contributed by atoms with Gasteiger partial charge in [0.15, 0.2) is 0 Å². The maximum absolute atomic E-state index is 11.7. The van der Waals surface area contributed by atoms with Gasteiger partial charge in [-0.3, -0.25) is 4.79 Å². The van der Waals surface area contributed by atoms with Gasteiger partial charge in [-0.15, -0.1) is 0 Å². The number of rotatable bonds is 5. The second-order valence-electron chi connectivity index (χ2n) is 5.30. The molecule has 94 valence electrons. The van der Waals surface area contributed by atoms with Gasteiger partial charge >= 0.3 is 0 Å². The van der Waals surface area contributed by atoms with E-state index in [1.807, 2.05) is 4.90 Å². The zero-order valence-electron chi connectivity index (χ0n) is 10.7. The van der Waals surface area contributed by atoms with Gasteiger partial charge in [0.2, 0.25) is 5.91 Å². The summed E-state index contributed by atoms with van der Waals surface area (Å²) in [7, 11) is 0. The van der Waals surface area contributed by atoms with Crippen LogP contribution in [0.25, 0.3) is 0 Å². The van der Waals surface area contributed by atoms with Crippen LogP contribution in [0.4, 0.5) is 0 Å². The number of nitrogens with zero attached hydrogens (tertiary/aromatic N) is 1. The van der Waals surface area contributed by atoms with Gasteiger partial charge in [0.05, 0.1) is 5.60 Å². The number of nitrogens with two attached hydrogens (primary N) is 1. The van der Waals surface area contributed by atoms with Crippen molar-refractivity contribution in [3.63, 3.8) is 0 Å². The van der Waals surface area contributed by atoms with Crippen molar-refractivity contribution in [2.24, 2.45) is 11.7 Å². The van der Waals surface area contributed by atoms with Crippen molar-refractivity contribution in [2.75, 3.05) is 26.2 Å². The highest BCUT2D eigenvalue weighted by Gasteiger charge is 2.35. The van der Waals surface area contributed by atoms with Gasteiger partial charge in [0.1, 0.15) is 6.61 Å². The van der Waals surface area contributed by atoms with Gasteiger partial charge in [-0.05, 0) is 32.2 Å². The van der Waals surface area contributed by atoms with Gasteiger partial charge in [-0.1, -0.05) is 13.8 Å². The number of amides is 1. The van der Waals surface area contributed by atoms with Crippen LogP contribution in [0.3, 0.4) is 0 Å². The Labute approximate surface area is 98.1 Å². The first-order chi connectivity index (χ1) is 7.47. The van der Waals surface area contributed by atoms with Crippen molar-refractivity contribution in [1.29, 1.82) is 0 Å². The lowest BCUT2D eigenvalue weighted by molar-refractivity contribution is -0.163. The lowest BCUT2D eigenvalue weighted by Gasteiger charge is -2.41. The van der Waals surface area contributed by atoms with Crippen molar-refractivity contribution in [2.45, 2.75) is 39.2 Å². The quantitative estimate of drug-likeness (QED) is 0.763. The lowest BCUT2D eigenvalue weighted by Crippen LogP contribution is -2.54. The average Bonchev–Trinajstić information content (AvgIpc) is 2.20.